The summed E-state index contributed by atoms with van der Waals surface area (Å²) in [7, 11) is 0. The Morgan fingerprint density at radius 2 is 1.88 bits per heavy atom. The standard InChI is InChI=1S/C2HBr3O2.Zr/c3-2(4,5)1(6)7;/h(H,6,7);/q;+1/p-1. The average Bonchev–Trinajstić information content (AvgIpc) is 1.62. The average molecular weight is 387 g/mol. The molecule has 0 radical (unpaired) electrons. The Hall–Kier alpha value is 1.79. The van der Waals surface area contributed by atoms with Crippen LogP contribution in [0.15, 0.2) is 0 Å². The predicted octanol–water partition coefficient (Wildman–Crippen LogP) is 1.83. The molecule has 0 N–H and O–H groups in total. The van der Waals surface area contributed by atoms with Crippen LogP contribution in [-0.4, -0.2) is 8.11 Å². The normalized spacial score (nSPS) is 10.8. The summed E-state index contributed by atoms with van der Waals surface area (Å²) in [4.78, 5) is 10.5. The second kappa shape index (κ2) is 3.84. The van der Waals surface area contributed by atoms with Crippen LogP contribution in [0.5, 0.6) is 0 Å². The fraction of sp³-hybridized carbons (Fsp3) is 0.500. The zero-order chi connectivity index (χ0) is 6.78. The molecule has 0 unspecified atom stereocenters. The third kappa shape index (κ3) is 3.75. The summed E-state index contributed by atoms with van der Waals surface area (Å²) in [5, 5.41) is 0. The summed E-state index contributed by atoms with van der Waals surface area (Å²) in [5.74, 6) is -0.379. The molecule has 0 saturated heterocycles. The minimum atomic E-state index is -0.892. The summed E-state index contributed by atoms with van der Waals surface area (Å²) in [6.45, 7) is 0. The number of carbonyl (C=O) groups excluding carboxylic acids is 1. The molecule has 0 heterocycles. The molecule has 0 amide bonds. The number of hydrogen-bond donors (Lipinski definition) is 0. The van der Waals surface area contributed by atoms with Crippen molar-refractivity contribution in [1.29, 1.82) is 0 Å². The van der Waals surface area contributed by atoms with E-state index in [1.54, 1.807) is 0 Å². The van der Waals surface area contributed by atoms with Crippen LogP contribution in [-0.2, 0) is 32.8 Å². The maximum absolute atomic E-state index is 10.5. The number of carbonyl (C=O) groups is 1. The van der Waals surface area contributed by atoms with E-state index in [9.17, 15) is 4.79 Å². The molecule has 0 rings (SSSR count). The molecule has 0 atom stereocenters. The van der Waals surface area contributed by atoms with Gasteiger partial charge in [-0.3, -0.25) is 0 Å². The third-order valence-electron chi connectivity index (χ3n) is 0.324. The summed E-state index contributed by atoms with van der Waals surface area (Å²) in [6.07, 6.45) is 0. The van der Waals surface area contributed by atoms with Crippen molar-refractivity contribution in [2.24, 2.45) is 0 Å². The van der Waals surface area contributed by atoms with Crippen molar-refractivity contribution in [2.75, 3.05) is 0 Å². The van der Waals surface area contributed by atoms with Crippen LogP contribution in [0.1, 0.15) is 0 Å². The molecule has 0 aromatic rings. The zero-order valence-electron chi connectivity index (χ0n) is 3.45. The molecule has 8 heavy (non-hydrogen) atoms. The first-order valence-electron chi connectivity index (χ1n) is 1.43. The van der Waals surface area contributed by atoms with Gasteiger partial charge in [0.1, 0.15) is 0 Å². The quantitative estimate of drug-likeness (QED) is 0.594. The van der Waals surface area contributed by atoms with Gasteiger partial charge in [-0.25, -0.2) is 0 Å². The summed E-state index contributed by atoms with van der Waals surface area (Å²) in [6, 6.07) is 0. The Kier molecular flexibility index (Phi) is 4.70. The second-order valence-corrected chi connectivity index (χ2v) is 8.15. The van der Waals surface area contributed by atoms with Crippen LogP contribution < -0.4 is 0 Å². The van der Waals surface area contributed by atoms with Crippen molar-refractivity contribution in [3.8, 4) is 0 Å². The Bertz CT molecular complexity index is 97.9. The van der Waals surface area contributed by atoms with Gasteiger partial charge in [0.2, 0.25) is 0 Å². The molecule has 0 saturated carbocycles. The Labute approximate surface area is 87.6 Å². The molecule has 6 heteroatoms. The predicted molar refractivity (Wildman–Crippen MR) is 35.6 cm³/mol. The first-order chi connectivity index (χ1) is 3.48. The van der Waals surface area contributed by atoms with Crippen LogP contribution in [0, 0.1) is 0 Å². The minimum absolute atomic E-state index is 0.379. The van der Waals surface area contributed by atoms with E-state index in [0.29, 0.717) is 0 Å². The Morgan fingerprint density at radius 3 is 1.88 bits per heavy atom. The Morgan fingerprint density at radius 1 is 1.50 bits per heavy atom. The van der Waals surface area contributed by atoms with E-state index >= 15 is 0 Å². The summed E-state index contributed by atoms with van der Waals surface area (Å²) >= 11 is 9.66. The van der Waals surface area contributed by atoms with E-state index in [1.807, 2.05) is 0 Å². The molecule has 0 spiro atoms. The molecule has 0 aliphatic heterocycles. The SMILES string of the molecule is O=C([O][Zr])C(Br)(Br)Br. The van der Waals surface area contributed by atoms with Crippen molar-refractivity contribution in [2.45, 2.75) is 2.14 Å². The molecule has 0 aromatic heterocycles. The van der Waals surface area contributed by atoms with Gasteiger partial charge in [0, 0.05) is 0 Å². The van der Waals surface area contributed by atoms with Crippen molar-refractivity contribution >= 4 is 53.8 Å². The van der Waals surface area contributed by atoms with Gasteiger partial charge in [0.05, 0.1) is 0 Å². The first kappa shape index (κ1) is 9.79. The van der Waals surface area contributed by atoms with E-state index in [4.69, 9.17) is 0 Å². The van der Waals surface area contributed by atoms with E-state index in [2.05, 4.69) is 50.6 Å². The number of halogens is 3. The van der Waals surface area contributed by atoms with Gasteiger partial charge in [-0.15, -0.1) is 0 Å². The summed E-state index contributed by atoms with van der Waals surface area (Å²) in [5.41, 5.74) is 0. The first-order valence-corrected chi connectivity index (χ1v) is 4.81. The third-order valence-corrected chi connectivity index (χ3v) is 1.75. The molecule has 2 nitrogen and oxygen atoms in total. The monoisotopic (exact) mass is 383 g/mol. The van der Waals surface area contributed by atoms with Gasteiger partial charge in [0.15, 0.2) is 0 Å². The molecule has 45 valence electrons. The van der Waals surface area contributed by atoms with Gasteiger partial charge in [-0.1, -0.05) is 0 Å². The topological polar surface area (TPSA) is 26.3 Å². The van der Waals surface area contributed by atoms with Crippen LogP contribution in [0.2, 0.25) is 0 Å². The van der Waals surface area contributed by atoms with Gasteiger partial charge < -0.3 is 0 Å². The van der Waals surface area contributed by atoms with E-state index in [-0.39, 0.29) is 5.97 Å². The molecular formula is C2Br3O2Zr. The van der Waals surface area contributed by atoms with Gasteiger partial charge in [0.25, 0.3) is 0 Å². The molecule has 0 bridgehead atoms. The van der Waals surface area contributed by atoms with Gasteiger partial charge >= 0.3 is 88.7 Å². The molecule has 0 aliphatic carbocycles. The van der Waals surface area contributed by atoms with E-state index in [0.717, 1.165) is 25.2 Å². The van der Waals surface area contributed by atoms with E-state index in [1.165, 1.54) is 0 Å². The van der Waals surface area contributed by atoms with Crippen LogP contribution in [0.4, 0.5) is 0 Å². The van der Waals surface area contributed by atoms with Crippen molar-refractivity contribution < 1.29 is 32.8 Å². The molecule has 0 aromatic carbocycles. The van der Waals surface area contributed by atoms with Crippen LogP contribution >= 0.6 is 47.8 Å². The molecular weight excluding hydrogens is 387 g/mol. The number of alkyl halides is 3. The number of rotatable bonds is 0. The van der Waals surface area contributed by atoms with Crippen molar-refractivity contribution in [3.05, 3.63) is 0 Å². The fourth-order valence-electron chi connectivity index (χ4n) is 0.0579. The van der Waals surface area contributed by atoms with E-state index < -0.39 is 2.14 Å². The zero-order valence-corrected chi connectivity index (χ0v) is 10.7. The van der Waals surface area contributed by atoms with Crippen LogP contribution in [0.3, 0.4) is 0 Å². The van der Waals surface area contributed by atoms with Gasteiger partial charge in [-0.05, 0) is 0 Å². The molecule has 0 aliphatic rings. The number of hydrogen-bond acceptors (Lipinski definition) is 2. The maximum atomic E-state index is 10.5. The fourth-order valence-corrected chi connectivity index (χ4v) is 1.78. The molecule has 0 fully saturated rings. The Balaban J connectivity index is 3.82. The van der Waals surface area contributed by atoms with Crippen LogP contribution in [0.25, 0.3) is 0 Å². The van der Waals surface area contributed by atoms with Crippen molar-refractivity contribution in [1.82, 2.24) is 0 Å². The van der Waals surface area contributed by atoms with Crippen molar-refractivity contribution in [3.63, 3.8) is 0 Å². The van der Waals surface area contributed by atoms with Gasteiger partial charge in [-0.2, -0.15) is 0 Å². The summed E-state index contributed by atoms with van der Waals surface area (Å²) < 4.78 is 3.53. The second-order valence-electron chi connectivity index (χ2n) is 0.887.